The largest absolute Gasteiger partial charge is 0.427 e. The van der Waals surface area contributed by atoms with Crippen molar-refractivity contribution in [1.82, 2.24) is 4.98 Å². The average molecular weight is 119 g/mol. The van der Waals surface area contributed by atoms with Crippen LogP contribution in [0.2, 0.25) is 5.15 Å². The lowest BCUT2D eigenvalue weighted by Gasteiger charge is -1.75. The molecule has 0 atom stereocenters. The fourth-order valence-electron chi connectivity index (χ4n) is 0.242. The normalized spacial score (nSPS) is 9.29. The minimum absolute atomic E-state index is 0.168. The van der Waals surface area contributed by atoms with E-state index in [2.05, 4.69) is 9.40 Å². The molecule has 2 N–H and O–H groups in total. The number of oxazole rings is 1. The van der Waals surface area contributed by atoms with Crippen LogP contribution < -0.4 is 5.73 Å². The summed E-state index contributed by atoms with van der Waals surface area (Å²) < 4.78 is 4.50. The van der Waals surface area contributed by atoms with Gasteiger partial charge in [-0.3, -0.25) is 0 Å². The summed E-state index contributed by atoms with van der Waals surface area (Å²) >= 11 is 5.29. The molecule has 0 spiro atoms. The van der Waals surface area contributed by atoms with Crippen molar-refractivity contribution in [3.63, 3.8) is 0 Å². The van der Waals surface area contributed by atoms with Gasteiger partial charge in [-0.2, -0.15) is 0 Å². The summed E-state index contributed by atoms with van der Waals surface area (Å²) in [6, 6.07) is 0. The number of halogens is 1. The van der Waals surface area contributed by atoms with Crippen molar-refractivity contribution >= 4 is 17.5 Å². The van der Waals surface area contributed by atoms with Crippen molar-refractivity contribution in [3.05, 3.63) is 11.5 Å². The van der Waals surface area contributed by atoms with E-state index >= 15 is 0 Å². The number of nitrogens with zero attached hydrogens (tertiary/aromatic N) is 1. The van der Waals surface area contributed by atoms with Crippen LogP contribution in [-0.2, 0) is 0 Å². The van der Waals surface area contributed by atoms with Crippen molar-refractivity contribution < 1.29 is 4.42 Å². The molecule has 1 heterocycles. The molecule has 1 aromatic rings. The quantitative estimate of drug-likeness (QED) is 0.551. The molecule has 38 valence electrons. The highest BCUT2D eigenvalue weighted by atomic mass is 35.5. The standard InChI is InChI=1S/C3H3ClN2O/c4-2-3(5)7-1-6-2/h1H,5H2. The van der Waals surface area contributed by atoms with Crippen molar-refractivity contribution in [2.45, 2.75) is 0 Å². The maximum absolute atomic E-state index is 5.29. The zero-order chi connectivity index (χ0) is 5.28. The summed E-state index contributed by atoms with van der Waals surface area (Å²) in [6.45, 7) is 0. The first-order valence-electron chi connectivity index (χ1n) is 1.65. The molecule has 1 aromatic heterocycles. The van der Waals surface area contributed by atoms with Gasteiger partial charge in [-0.1, -0.05) is 11.6 Å². The summed E-state index contributed by atoms with van der Waals surface area (Å²) in [5.74, 6) is 0.168. The Bertz CT molecular complexity index is 145. The summed E-state index contributed by atoms with van der Waals surface area (Å²) in [5.41, 5.74) is 5.08. The van der Waals surface area contributed by atoms with Gasteiger partial charge in [-0.25, -0.2) is 4.98 Å². The van der Waals surface area contributed by atoms with E-state index in [1.807, 2.05) is 0 Å². The van der Waals surface area contributed by atoms with E-state index in [0.717, 1.165) is 0 Å². The Morgan fingerprint density at radius 1 is 1.86 bits per heavy atom. The predicted octanol–water partition coefficient (Wildman–Crippen LogP) is 0.910. The number of hydrogen-bond acceptors (Lipinski definition) is 3. The highest BCUT2D eigenvalue weighted by Crippen LogP contribution is 2.13. The second kappa shape index (κ2) is 1.42. The van der Waals surface area contributed by atoms with Crippen LogP contribution in [-0.4, -0.2) is 4.98 Å². The maximum Gasteiger partial charge on any atom is 0.230 e. The van der Waals surface area contributed by atoms with Gasteiger partial charge in [0.25, 0.3) is 0 Å². The summed E-state index contributed by atoms with van der Waals surface area (Å²) in [6.07, 6.45) is 1.19. The Kier molecular flexibility index (Phi) is 0.906. The molecule has 0 aliphatic rings. The van der Waals surface area contributed by atoms with Crippen molar-refractivity contribution in [1.29, 1.82) is 0 Å². The molecule has 0 aliphatic carbocycles. The molecule has 0 unspecified atom stereocenters. The molecule has 0 bridgehead atoms. The number of nitrogens with two attached hydrogens (primary N) is 1. The second-order valence-electron chi connectivity index (χ2n) is 1.01. The number of rotatable bonds is 0. The lowest BCUT2D eigenvalue weighted by Crippen LogP contribution is -1.78. The van der Waals surface area contributed by atoms with E-state index in [1.165, 1.54) is 6.39 Å². The Morgan fingerprint density at radius 2 is 2.57 bits per heavy atom. The summed E-state index contributed by atoms with van der Waals surface area (Å²) in [5, 5.41) is 0.222. The number of nitrogen functional groups attached to an aromatic ring is 1. The Hall–Kier alpha value is -0.700. The van der Waals surface area contributed by atoms with Gasteiger partial charge >= 0.3 is 0 Å². The van der Waals surface area contributed by atoms with Crippen LogP contribution in [0.4, 0.5) is 5.88 Å². The highest BCUT2D eigenvalue weighted by molar-refractivity contribution is 6.31. The lowest BCUT2D eigenvalue weighted by molar-refractivity contribution is 0.577. The molecule has 0 saturated heterocycles. The molecule has 0 aliphatic heterocycles. The van der Waals surface area contributed by atoms with E-state index in [1.54, 1.807) is 0 Å². The fraction of sp³-hybridized carbons (Fsp3) is 0. The monoisotopic (exact) mass is 118 g/mol. The van der Waals surface area contributed by atoms with Gasteiger partial charge in [0.15, 0.2) is 11.5 Å². The van der Waals surface area contributed by atoms with E-state index in [-0.39, 0.29) is 11.0 Å². The van der Waals surface area contributed by atoms with Crippen molar-refractivity contribution in [2.75, 3.05) is 5.73 Å². The highest BCUT2D eigenvalue weighted by Gasteiger charge is 1.94. The van der Waals surface area contributed by atoms with Gasteiger partial charge in [0.2, 0.25) is 5.88 Å². The summed E-state index contributed by atoms with van der Waals surface area (Å²) in [4.78, 5) is 3.49. The first kappa shape index (κ1) is 4.46. The van der Waals surface area contributed by atoms with Crippen LogP contribution in [0.5, 0.6) is 0 Å². The topological polar surface area (TPSA) is 52.0 Å². The predicted molar refractivity (Wildman–Crippen MR) is 25.9 cm³/mol. The van der Waals surface area contributed by atoms with Gasteiger partial charge in [-0.15, -0.1) is 0 Å². The summed E-state index contributed by atoms with van der Waals surface area (Å²) in [7, 11) is 0. The van der Waals surface area contributed by atoms with Crippen molar-refractivity contribution in [3.8, 4) is 0 Å². The zero-order valence-electron chi connectivity index (χ0n) is 3.39. The zero-order valence-corrected chi connectivity index (χ0v) is 4.14. The molecule has 4 heteroatoms. The molecule has 0 radical (unpaired) electrons. The Balaban J connectivity index is 3.12. The number of aromatic nitrogens is 1. The smallest absolute Gasteiger partial charge is 0.230 e. The minimum atomic E-state index is 0.168. The van der Waals surface area contributed by atoms with Crippen LogP contribution in [0.1, 0.15) is 0 Å². The second-order valence-corrected chi connectivity index (χ2v) is 1.37. The molecule has 0 saturated carbocycles. The van der Waals surface area contributed by atoms with Gasteiger partial charge < -0.3 is 10.2 Å². The van der Waals surface area contributed by atoms with Gasteiger partial charge in [0.05, 0.1) is 0 Å². The third-order valence-corrected chi connectivity index (χ3v) is 0.833. The SMILES string of the molecule is Nc1ocnc1Cl. The van der Waals surface area contributed by atoms with Gasteiger partial charge in [-0.05, 0) is 0 Å². The van der Waals surface area contributed by atoms with E-state index in [4.69, 9.17) is 17.3 Å². The average Bonchev–Trinajstić information content (AvgIpc) is 1.91. The van der Waals surface area contributed by atoms with E-state index in [9.17, 15) is 0 Å². The molecule has 7 heavy (non-hydrogen) atoms. The van der Waals surface area contributed by atoms with E-state index < -0.39 is 0 Å². The van der Waals surface area contributed by atoms with Crippen LogP contribution in [0.3, 0.4) is 0 Å². The third-order valence-electron chi connectivity index (χ3n) is 0.549. The molecule has 0 amide bonds. The first-order chi connectivity index (χ1) is 3.30. The molecule has 1 rings (SSSR count). The molecular weight excluding hydrogens is 115 g/mol. The van der Waals surface area contributed by atoms with Gasteiger partial charge in [0.1, 0.15) is 0 Å². The van der Waals surface area contributed by atoms with Crippen LogP contribution in [0.25, 0.3) is 0 Å². The number of hydrogen-bond donors (Lipinski definition) is 1. The van der Waals surface area contributed by atoms with Crippen LogP contribution in [0.15, 0.2) is 10.8 Å². The minimum Gasteiger partial charge on any atom is -0.427 e. The molecular formula is C3H3ClN2O. The van der Waals surface area contributed by atoms with Crippen LogP contribution in [0, 0.1) is 0 Å². The number of anilines is 1. The van der Waals surface area contributed by atoms with Crippen molar-refractivity contribution in [2.24, 2.45) is 0 Å². The fourth-order valence-corrected chi connectivity index (χ4v) is 0.326. The molecule has 0 fully saturated rings. The van der Waals surface area contributed by atoms with Gasteiger partial charge in [0, 0.05) is 0 Å². The molecule has 0 aromatic carbocycles. The Labute approximate surface area is 45.1 Å². The van der Waals surface area contributed by atoms with Crippen LogP contribution >= 0.6 is 11.6 Å². The first-order valence-corrected chi connectivity index (χ1v) is 2.03. The Morgan fingerprint density at radius 3 is 2.71 bits per heavy atom. The molecule has 3 nitrogen and oxygen atoms in total. The van der Waals surface area contributed by atoms with E-state index in [0.29, 0.717) is 0 Å². The third kappa shape index (κ3) is 0.667. The lowest BCUT2D eigenvalue weighted by atomic mass is 10.8. The maximum atomic E-state index is 5.29.